The fourth-order valence-corrected chi connectivity index (χ4v) is 8.11. The van der Waals surface area contributed by atoms with Crippen LogP contribution in [-0.2, 0) is 20.9 Å². The molecule has 50 heavy (non-hydrogen) atoms. The lowest BCUT2D eigenvalue weighted by Crippen LogP contribution is -2.54. The minimum atomic E-state index is -0.701. The Labute approximate surface area is 293 Å². The van der Waals surface area contributed by atoms with Crippen LogP contribution in [0.5, 0.6) is 0 Å². The summed E-state index contributed by atoms with van der Waals surface area (Å²) in [5, 5.41) is 4.79. The van der Waals surface area contributed by atoms with Crippen molar-refractivity contribution < 1.29 is 19.1 Å². The molecule has 0 bridgehead atoms. The summed E-state index contributed by atoms with van der Waals surface area (Å²) < 4.78 is 5.79. The van der Waals surface area contributed by atoms with E-state index in [9.17, 15) is 14.4 Å². The van der Waals surface area contributed by atoms with Gasteiger partial charge in [0.15, 0.2) is 0 Å². The number of aromatic nitrogens is 1. The topological polar surface area (TPSA) is 98.3 Å². The van der Waals surface area contributed by atoms with Crippen LogP contribution in [0.15, 0.2) is 72.9 Å². The molecule has 10 nitrogen and oxygen atoms in total. The molecule has 3 amide bonds. The number of benzene rings is 3. The lowest BCUT2D eigenvalue weighted by molar-refractivity contribution is -0.138. The molecule has 3 aromatic carbocycles. The van der Waals surface area contributed by atoms with Crippen molar-refractivity contribution in [1.29, 1.82) is 0 Å². The van der Waals surface area contributed by atoms with E-state index in [2.05, 4.69) is 81.5 Å². The van der Waals surface area contributed by atoms with Gasteiger partial charge in [0.1, 0.15) is 12.8 Å². The number of fused-ring (bicyclic) bond motifs is 2. The van der Waals surface area contributed by atoms with Gasteiger partial charge in [-0.1, -0.05) is 36.4 Å². The van der Waals surface area contributed by atoms with Gasteiger partial charge in [0.2, 0.25) is 11.8 Å². The molecule has 1 atom stereocenters. The third-order valence-electron chi connectivity index (χ3n) is 11.0. The predicted octanol–water partition coefficient (Wildman–Crippen LogP) is 4.98. The Morgan fingerprint density at radius 2 is 1.58 bits per heavy atom. The SMILES string of the molecule is Cc1ccccc1-c1nccc2cc(N3CCC(CN4CCN(c5ccc6c(c5)C(=O)N(C5CCC(=O)NC5=O)COC6)CC4)CC3)ccc12. The predicted molar refractivity (Wildman–Crippen MR) is 194 cm³/mol. The molecule has 0 aliphatic carbocycles. The Morgan fingerprint density at radius 3 is 2.38 bits per heavy atom. The summed E-state index contributed by atoms with van der Waals surface area (Å²) in [7, 11) is 0. The van der Waals surface area contributed by atoms with Crippen LogP contribution in [0, 0.1) is 12.8 Å². The van der Waals surface area contributed by atoms with E-state index >= 15 is 0 Å². The van der Waals surface area contributed by atoms with E-state index in [0.29, 0.717) is 24.5 Å². The summed E-state index contributed by atoms with van der Waals surface area (Å²) in [6.07, 6.45) is 4.82. The number of carbonyl (C=O) groups is 3. The highest BCUT2D eigenvalue weighted by atomic mass is 16.5. The molecule has 1 aromatic heterocycles. The van der Waals surface area contributed by atoms with Gasteiger partial charge < -0.3 is 19.4 Å². The minimum Gasteiger partial charge on any atom is -0.371 e. The third kappa shape index (κ3) is 6.45. The van der Waals surface area contributed by atoms with Gasteiger partial charge in [-0.25, -0.2) is 0 Å². The van der Waals surface area contributed by atoms with Crippen LogP contribution in [0.1, 0.15) is 47.2 Å². The van der Waals surface area contributed by atoms with E-state index in [4.69, 9.17) is 9.72 Å². The van der Waals surface area contributed by atoms with E-state index < -0.39 is 11.9 Å². The normalized spacial score (nSPS) is 20.9. The second kappa shape index (κ2) is 13.8. The zero-order valence-corrected chi connectivity index (χ0v) is 28.6. The molecule has 0 radical (unpaired) electrons. The average molecular weight is 673 g/mol. The zero-order chi connectivity index (χ0) is 34.2. The van der Waals surface area contributed by atoms with Crippen LogP contribution in [-0.4, -0.2) is 91.1 Å². The first-order valence-corrected chi connectivity index (χ1v) is 17.9. The highest BCUT2D eigenvalue weighted by Gasteiger charge is 2.37. The average Bonchev–Trinajstić information content (AvgIpc) is 3.30. The molecule has 3 fully saturated rings. The molecule has 1 N–H and O–H groups in total. The largest absolute Gasteiger partial charge is 0.371 e. The molecule has 8 rings (SSSR count). The van der Waals surface area contributed by atoms with Gasteiger partial charge in [0.05, 0.1) is 12.3 Å². The first-order chi connectivity index (χ1) is 24.4. The van der Waals surface area contributed by atoms with Crippen LogP contribution in [0.3, 0.4) is 0 Å². The highest BCUT2D eigenvalue weighted by molar-refractivity contribution is 6.04. The minimum absolute atomic E-state index is 0.0298. The van der Waals surface area contributed by atoms with Crippen molar-refractivity contribution in [2.45, 2.75) is 45.3 Å². The highest BCUT2D eigenvalue weighted by Crippen LogP contribution is 2.33. The molecule has 4 aliphatic heterocycles. The van der Waals surface area contributed by atoms with Gasteiger partial charge in [-0.3, -0.25) is 29.6 Å². The first kappa shape index (κ1) is 32.4. The van der Waals surface area contributed by atoms with Crippen molar-refractivity contribution in [3.05, 3.63) is 89.6 Å². The summed E-state index contributed by atoms with van der Waals surface area (Å²) >= 11 is 0. The monoisotopic (exact) mass is 672 g/mol. The van der Waals surface area contributed by atoms with E-state index in [1.807, 2.05) is 18.3 Å². The maximum atomic E-state index is 13.7. The van der Waals surface area contributed by atoms with Gasteiger partial charge in [0, 0.05) is 86.3 Å². The van der Waals surface area contributed by atoms with Gasteiger partial charge in [0.25, 0.3) is 5.91 Å². The van der Waals surface area contributed by atoms with Crippen molar-refractivity contribution >= 4 is 39.9 Å². The number of piperazine rings is 1. The summed E-state index contributed by atoms with van der Waals surface area (Å²) in [6, 6.07) is 22.7. The van der Waals surface area contributed by atoms with Gasteiger partial charge in [-0.05, 0) is 78.9 Å². The lowest BCUT2D eigenvalue weighted by Gasteiger charge is -2.40. The second-order valence-corrected chi connectivity index (χ2v) is 14.2. The molecular formula is C40H44N6O4. The molecule has 0 saturated carbocycles. The maximum absolute atomic E-state index is 13.7. The summed E-state index contributed by atoms with van der Waals surface area (Å²) in [5.74, 6) is -0.266. The number of carbonyl (C=O) groups excluding carboxylic acids is 3. The van der Waals surface area contributed by atoms with Crippen molar-refractivity contribution in [3.63, 3.8) is 0 Å². The number of pyridine rings is 1. The standard InChI is InChI=1S/C40H44N6O4/c1-27-4-2-3-5-33(27)38-34-9-8-31(22-29(34)12-15-41-38)44-16-13-28(14-17-44)24-43-18-20-45(21-19-43)32-7-6-30-25-50-26-46(40(49)35(30)23-32)36-10-11-37(47)42-39(36)48/h2-9,12,15,22-23,28,36H,10-11,13-14,16-21,24-26H2,1H3,(H,42,47,48). The molecule has 4 aromatic rings. The molecule has 10 heteroatoms. The Bertz CT molecular complexity index is 1930. The number of amides is 3. The van der Waals surface area contributed by atoms with Crippen LogP contribution >= 0.6 is 0 Å². The summed E-state index contributed by atoms with van der Waals surface area (Å²) in [6.45, 7) is 9.50. The van der Waals surface area contributed by atoms with Crippen LogP contribution in [0.2, 0.25) is 0 Å². The molecule has 1 unspecified atom stereocenters. The Morgan fingerprint density at radius 1 is 0.820 bits per heavy atom. The zero-order valence-electron chi connectivity index (χ0n) is 28.6. The fraction of sp³-hybridized carbons (Fsp3) is 0.400. The number of hydrogen-bond donors (Lipinski definition) is 1. The third-order valence-corrected chi connectivity index (χ3v) is 11.0. The Balaban J connectivity index is 0.857. The number of hydrogen-bond acceptors (Lipinski definition) is 8. The number of rotatable bonds is 6. The van der Waals surface area contributed by atoms with Crippen molar-refractivity contribution in [1.82, 2.24) is 20.1 Å². The quantitative estimate of drug-likeness (QED) is 0.287. The van der Waals surface area contributed by atoms with Crippen LogP contribution < -0.4 is 15.1 Å². The number of imide groups is 1. The van der Waals surface area contributed by atoms with Gasteiger partial charge >= 0.3 is 0 Å². The summed E-state index contributed by atoms with van der Waals surface area (Å²) in [5.41, 5.74) is 7.19. The molecule has 0 spiro atoms. The number of nitrogens with one attached hydrogen (secondary N) is 1. The number of aryl methyl sites for hydroxylation is 1. The second-order valence-electron chi connectivity index (χ2n) is 14.2. The molecular weight excluding hydrogens is 628 g/mol. The number of nitrogens with zero attached hydrogens (tertiary/aromatic N) is 5. The van der Waals surface area contributed by atoms with E-state index in [1.54, 1.807) is 0 Å². The van der Waals surface area contributed by atoms with E-state index in [1.165, 1.54) is 45.3 Å². The smallest absolute Gasteiger partial charge is 0.256 e. The van der Waals surface area contributed by atoms with Gasteiger partial charge in [-0.15, -0.1) is 0 Å². The van der Waals surface area contributed by atoms with Crippen molar-refractivity contribution in [3.8, 4) is 11.3 Å². The number of piperidine rings is 2. The van der Waals surface area contributed by atoms with E-state index in [0.717, 1.165) is 62.8 Å². The van der Waals surface area contributed by atoms with Gasteiger partial charge in [-0.2, -0.15) is 0 Å². The van der Waals surface area contributed by atoms with Crippen molar-refractivity contribution in [2.75, 3.05) is 62.3 Å². The fourth-order valence-electron chi connectivity index (χ4n) is 8.11. The summed E-state index contributed by atoms with van der Waals surface area (Å²) in [4.78, 5) is 51.6. The lowest BCUT2D eigenvalue weighted by atomic mass is 9.95. The van der Waals surface area contributed by atoms with Crippen molar-refractivity contribution in [2.24, 2.45) is 5.92 Å². The first-order valence-electron chi connectivity index (χ1n) is 17.9. The number of ether oxygens (including phenoxy) is 1. The number of anilines is 2. The molecule has 4 aliphatic rings. The molecule has 5 heterocycles. The maximum Gasteiger partial charge on any atom is 0.256 e. The Hall–Kier alpha value is -4.80. The Kier molecular flexibility index (Phi) is 8.97. The molecule has 258 valence electrons. The van der Waals surface area contributed by atoms with E-state index in [-0.39, 0.29) is 25.0 Å². The van der Waals surface area contributed by atoms with Crippen LogP contribution in [0.4, 0.5) is 11.4 Å². The molecule has 3 saturated heterocycles. The van der Waals surface area contributed by atoms with Crippen LogP contribution in [0.25, 0.3) is 22.0 Å².